The smallest absolute Gasteiger partial charge is 0.251 e. The van der Waals surface area contributed by atoms with E-state index >= 15 is 0 Å². The van der Waals surface area contributed by atoms with Gasteiger partial charge in [0.2, 0.25) is 5.91 Å². The molecule has 144 valence electrons. The van der Waals surface area contributed by atoms with Gasteiger partial charge in [0, 0.05) is 28.8 Å². The second-order valence-electron chi connectivity index (χ2n) is 6.14. The second-order valence-corrected chi connectivity index (χ2v) is 6.55. The predicted molar refractivity (Wildman–Crippen MR) is 103 cm³/mol. The van der Waals surface area contributed by atoms with E-state index in [0.717, 1.165) is 5.69 Å². The fourth-order valence-corrected chi connectivity index (χ4v) is 2.51. The molecule has 0 radical (unpaired) electrons. The minimum absolute atomic E-state index is 0.0218. The van der Waals surface area contributed by atoms with Crippen molar-refractivity contribution in [2.75, 3.05) is 17.2 Å². The van der Waals surface area contributed by atoms with Crippen molar-refractivity contribution in [3.05, 3.63) is 58.4 Å². The lowest BCUT2D eigenvalue weighted by molar-refractivity contribution is -0.114. The number of carbonyl (C=O) groups excluding carboxylic acids is 2. The van der Waals surface area contributed by atoms with Crippen molar-refractivity contribution in [3.8, 4) is 0 Å². The molecule has 0 bridgehead atoms. The van der Waals surface area contributed by atoms with Gasteiger partial charge in [0.05, 0.1) is 17.9 Å². The average Bonchev–Trinajstić information content (AvgIpc) is 2.60. The zero-order chi connectivity index (χ0) is 20.0. The van der Waals surface area contributed by atoms with Gasteiger partial charge in [0.1, 0.15) is 5.82 Å². The van der Waals surface area contributed by atoms with Gasteiger partial charge in [-0.25, -0.2) is 4.39 Å². The van der Waals surface area contributed by atoms with Crippen LogP contribution in [0.2, 0.25) is 5.02 Å². The quantitative estimate of drug-likeness (QED) is 0.644. The molecular formula is C19H21ClFN3O3. The average molecular weight is 394 g/mol. The summed E-state index contributed by atoms with van der Waals surface area (Å²) >= 11 is 5.92. The molecule has 1 heterocycles. The largest absolute Gasteiger partial charge is 0.394 e. The first-order chi connectivity index (χ1) is 12.8. The Labute approximate surface area is 161 Å². The number of anilines is 2. The van der Waals surface area contributed by atoms with E-state index in [1.165, 1.54) is 12.1 Å². The molecule has 2 aromatic carbocycles. The van der Waals surface area contributed by atoms with Crippen LogP contribution in [0, 0.1) is 5.82 Å². The Morgan fingerprint density at radius 3 is 2.67 bits per heavy atom. The van der Waals surface area contributed by atoms with Crippen LogP contribution in [0.25, 0.3) is 0 Å². The number of fused-ring (bicyclic) bond motifs is 1. The highest BCUT2D eigenvalue weighted by atomic mass is 35.5. The first-order valence-corrected chi connectivity index (χ1v) is 8.72. The van der Waals surface area contributed by atoms with Crippen LogP contribution in [0.4, 0.5) is 15.8 Å². The lowest BCUT2D eigenvalue weighted by Crippen LogP contribution is -2.28. The monoisotopic (exact) mass is 393 g/mol. The molecule has 8 heteroatoms. The van der Waals surface area contributed by atoms with Crippen LogP contribution in [0.1, 0.15) is 29.8 Å². The Bertz CT molecular complexity index is 820. The molecule has 4 N–H and O–H groups in total. The first kappa shape index (κ1) is 20.7. The molecule has 27 heavy (non-hydrogen) atoms. The normalized spacial score (nSPS) is 12.3. The van der Waals surface area contributed by atoms with Crippen molar-refractivity contribution in [2.24, 2.45) is 0 Å². The van der Waals surface area contributed by atoms with Crippen molar-refractivity contribution >= 4 is 34.8 Å². The van der Waals surface area contributed by atoms with Crippen LogP contribution in [0.3, 0.4) is 0 Å². The summed E-state index contributed by atoms with van der Waals surface area (Å²) in [6, 6.07) is 9.25. The molecule has 2 aromatic rings. The molecule has 3 rings (SSSR count). The number of benzene rings is 2. The third-order valence-electron chi connectivity index (χ3n) is 3.48. The summed E-state index contributed by atoms with van der Waals surface area (Å²) in [7, 11) is 0. The summed E-state index contributed by atoms with van der Waals surface area (Å²) < 4.78 is 13.7. The number of hydrogen-bond acceptors (Lipinski definition) is 4. The van der Waals surface area contributed by atoms with Gasteiger partial charge in [-0.3, -0.25) is 9.59 Å². The van der Waals surface area contributed by atoms with Gasteiger partial charge >= 0.3 is 0 Å². The highest BCUT2D eigenvalue weighted by Gasteiger charge is 2.16. The molecular weight excluding hydrogens is 373 g/mol. The molecule has 1 aliphatic rings. The summed E-state index contributed by atoms with van der Waals surface area (Å²) in [5, 5.41) is 16.6. The number of halogens is 2. The van der Waals surface area contributed by atoms with E-state index in [0.29, 0.717) is 11.3 Å². The number of amides is 2. The van der Waals surface area contributed by atoms with Crippen molar-refractivity contribution < 1.29 is 19.1 Å². The van der Waals surface area contributed by atoms with E-state index in [1.54, 1.807) is 38.1 Å². The standard InChI is InChI=1S/C16H13ClFN3O2.C3H8O/c17-11-2-1-3-12(18)10(11)7-20-16(23)9-4-5-13-14(6-9)21-15(22)8-19-13;1-3(2)4/h1-6,19H,7-8H2,(H,20,23)(H,21,22);3-4H,1-2H3. The molecule has 6 nitrogen and oxygen atoms in total. The fourth-order valence-electron chi connectivity index (χ4n) is 2.28. The number of hydrogen-bond donors (Lipinski definition) is 4. The summed E-state index contributed by atoms with van der Waals surface area (Å²) in [6.45, 7) is 3.62. The summed E-state index contributed by atoms with van der Waals surface area (Å²) in [5.41, 5.74) is 1.88. The molecule has 0 atom stereocenters. The predicted octanol–water partition coefficient (Wildman–Crippen LogP) is 3.16. The number of aliphatic hydroxyl groups excluding tert-OH is 1. The highest BCUT2D eigenvalue weighted by Crippen LogP contribution is 2.26. The van der Waals surface area contributed by atoms with Gasteiger partial charge in [0.15, 0.2) is 0 Å². The van der Waals surface area contributed by atoms with Gasteiger partial charge in [0.25, 0.3) is 5.91 Å². The van der Waals surface area contributed by atoms with Crippen LogP contribution in [-0.4, -0.2) is 29.6 Å². The van der Waals surface area contributed by atoms with E-state index in [2.05, 4.69) is 16.0 Å². The highest BCUT2D eigenvalue weighted by molar-refractivity contribution is 6.31. The maximum atomic E-state index is 13.7. The maximum absolute atomic E-state index is 13.7. The number of aliphatic hydroxyl groups is 1. The van der Waals surface area contributed by atoms with E-state index in [9.17, 15) is 14.0 Å². The molecule has 0 saturated heterocycles. The second kappa shape index (κ2) is 9.34. The molecule has 2 amide bonds. The first-order valence-electron chi connectivity index (χ1n) is 8.35. The van der Waals surface area contributed by atoms with Crippen molar-refractivity contribution in [1.29, 1.82) is 0 Å². The van der Waals surface area contributed by atoms with E-state index in [1.807, 2.05) is 0 Å². The van der Waals surface area contributed by atoms with Gasteiger partial charge < -0.3 is 21.1 Å². The lowest BCUT2D eigenvalue weighted by Gasteiger charge is -2.19. The zero-order valence-corrected chi connectivity index (χ0v) is 15.7. The van der Waals surface area contributed by atoms with E-state index in [-0.39, 0.29) is 41.6 Å². The Morgan fingerprint density at radius 1 is 1.30 bits per heavy atom. The Kier molecular flexibility index (Phi) is 7.15. The number of rotatable bonds is 3. The van der Waals surface area contributed by atoms with Crippen molar-refractivity contribution in [3.63, 3.8) is 0 Å². The molecule has 0 aliphatic carbocycles. The topological polar surface area (TPSA) is 90.5 Å². The summed E-state index contributed by atoms with van der Waals surface area (Å²) in [5.74, 6) is -1.03. The van der Waals surface area contributed by atoms with E-state index in [4.69, 9.17) is 16.7 Å². The minimum Gasteiger partial charge on any atom is -0.394 e. The van der Waals surface area contributed by atoms with E-state index < -0.39 is 5.82 Å². The third kappa shape index (κ3) is 5.94. The van der Waals surface area contributed by atoms with Gasteiger partial charge in [-0.05, 0) is 44.2 Å². The Morgan fingerprint density at radius 2 is 2.00 bits per heavy atom. The van der Waals surface area contributed by atoms with Crippen LogP contribution in [0.5, 0.6) is 0 Å². The summed E-state index contributed by atoms with van der Waals surface area (Å²) in [4.78, 5) is 23.6. The van der Waals surface area contributed by atoms with Crippen LogP contribution in [-0.2, 0) is 11.3 Å². The third-order valence-corrected chi connectivity index (χ3v) is 3.84. The molecule has 0 fully saturated rings. The van der Waals surface area contributed by atoms with Gasteiger partial charge in [-0.15, -0.1) is 0 Å². The Balaban J connectivity index is 0.000000596. The van der Waals surface area contributed by atoms with Crippen LogP contribution in [0.15, 0.2) is 36.4 Å². The van der Waals surface area contributed by atoms with Crippen molar-refractivity contribution in [1.82, 2.24) is 5.32 Å². The van der Waals surface area contributed by atoms with Crippen molar-refractivity contribution in [2.45, 2.75) is 26.5 Å². The number of nitrogens with one attached hydrogen (secondary N) is 3. The SMILES string of the molecule is CC(C)O.O=C1CNc2ccc(C(=O)NCc3c(F)cccc3Cl)cc2N1. The lowest BCUT2D eigenvalue weighted by atomic mass is 10.1. The molecule has 1 aliphatic heterocycles. The number of carbonyl (C=O) groups is 2. The molecule has 0 saturated carbocycles. The Hall–Kier alpha value is -2.64. The van der Waals surface area contributed by atoms with Crippen LogP contribution < -0.4 is 16.0 Å². The molecule has 0 aromatic heterocycles. The summed E-state index contributed by atoms with van der Waals surface area (Å²) in [6.07, 6.45) is -0.167. The zero-order valence-electron chi connectivity index (χ0n) is 15.0. The van der Waals surface area contributed by atoms with Gasteiger partial charge in [-0.2, -0.15) is 0 Å². The van der Waals surface area contributed by atoms with Gasteiger partial charge in [-0.1, -0.05) is 17.7 Å². The molecule has 0 unspecified atom stereocenters. The van der Waals surface area contributed by atoms with Crippen LogP contribution >= 0.6 is 11.6 Å². The maximum Gasteiger partial charge on any atom is 0.251 e. The minimum atomic E-state index is -0.472. The fraction of sp³-hybridized carbons (Fsp3) is 0.263. The molecule has 0 spiro atoms.